The number of esters is 2. The monoisotopic (exact) mass is 635 g/mol. The van der Waals surface area contributed by atoms with Gasteiger partial charge in [-0.3, -0.25) is 9.59 Å². The molecular formula is C32H33N3O9S. The molecule has 1 spiro atoms. The Kier molecular flexibility index (Phi) is 8.03. The fourth-order valence-corrected chi connectivity index (χ4v) is 8.25. The Morgan fingerprint density at radius 3 is 2.51 bits per heavy atom. The van der Waals surface area contributed by atoms with Gasteiger partial charge in [-0.15, -0.1) is 0 Å². The number of nitrogens with zero attached hydrogens (tertiary/aromatic N) is 3. The van der Waals surface area contributed by atoms with Gasteiger partial charge in [0.15, 0.2) is 0 Å². The maximum Gasteiger partial charge on any atom is 0.355 e. The minimum Gasteiger partial charge on any atom is -0.463 e. The second-order valence-corrected chi connectivity index (χ2v) is 13.1. The van der Waals surface area contributed by atoms with Gasteiger partial charge < -0.3 is 23.5 Å². The van der Waals surface area contributed by atoms with Crippen LogP contribution < -0.4 is 5.56 Å². The highest BCUT2D eigenvalue weighted by Crippen LogP contribution is 2.43. The molecule has 2 fully saturated rings. The van der Waals surface area contributed by atoms with Crippen LogP contribution in [0.25, 0.3) is 10.8 Å². The van der Waals surface area contributed by atoms with Gasteiger partial charge in [0.1, 0.15) is 17.7 Å². The van der Waals surface area contributed by atoms with E-state index in [9.17, 15) is 28.1 Å². The number of carbonyl (C=O) groups is 2. The van der Waals surface area contributed by atoms with E-state index < -0.39 is 45.0 Å². The van der Waals surface area contributed by atoms with Crippen molar-refractivity contribution in [2.45, 2.75) is 68.4 Å². The number of ether oxygens (including phenoxy) is 4. The van der Waals surface area contributed by atoms with Crippen LogP contribution in [0.5, 0.6) is 0 Å². The van der Waals surface area contributed by atoms with Crippen molar-refractivity contribution in [2.75, 3.05) is 26.4 Å². The summed E-state index contributed by atoms with van der Waals surface area (Å²) in [7, 11) is -4.15. The molecule has 2 aromatic carbocycles. The number of carbonyl (C=O) groups excluding carboxylic acids is 2. The number of hydrogen-bond acceptors (Lipinski definition) is 10. The number of sulfonamides is 1. The number of aromatic nitrogens is 1. The molecule has 0 N–H and O–H groups in total. The molecule has 0 bridgehead atoms. The van der Waals surface area contributed by atoms with E-state index in [0.717, 1.165) is 15.1 Å². The molecular weight excluding hydrogens is 602 g/mol. The van der Waals surface area contributed by atoms with Crippen LogP contribution >= 0.6 is 0 Å². The summed E-state index contributed by atoms with van der Waals surface area (Å²) < 4.78 is 53.3. The van der Waals surface area contributed by atoms with Crippen molar-refractivity contribution in [1.82, 2.24) is 8.87 Å². The van der Waals surface area contributed by atoms with Crippen LogP contribution in [0.3, 0.4) is 0 Å². The minimum absolute atomic E-state index is 0.0216. The number of pyridine rings is 1. The van der Waals surface area contributed by atoms with Crippen LogP contribution in [0, 0.1) is 11.3 Å². The van der Waals surface area contributed by atoms with Gasteiger partial charge in [-0.05, 0) is 55.2 Å². The fraction of sp³-hybridized carbons (Fsp3) is 0.438. The van der Waals surface area contributed by atoms with Crippen molar-refractivity contribution in [3.05, 3.63) is 75.7 Å². The summed E-state index contributed by atoms with van der Waals surface area (Å²) in [4.78, 5) is 41.4. The third kappa shape index (κ3) is 4.93. The van der Waals surface area contributed by atoms with E-state index in [2.05, 4.69) is 0 Å². The highest BCUT2D eigenvalue weighted by atomic mass is 32.2. The molecule has 13 heteroatoms. The number of rotatable bonds is 8. The highest BCUT2D eigenvalue weighted by molar-refractivity contribution is 7.89. The zero-order valence-electron chi connectivity index (χ0n) is 25.0. The molecule has 3 aromatic rings. The second-order valence-electron chi connectivity index (χ2n) is 11.2. The van der Waals surface area contributed by atoms with E-state index in [1.54, 1.807) is 32.0 Å². The van der Waals surface area contributed by atoms with Crippen LogP contribution in [-0.2, 0) is 56.5 Å². The normalized spacial score (nSPS) is 20.5. The Hall–Kier alpha value is -4.09. The number of hydrogen-bond donors (Lipinski definition) is 0. The first kappa shape index (κ1) is 30.9. The van der Waals surface area contributed by atoms with Gasteiger partial charge in [0.25, 0.3) is 5.56 Å². The Morgan fingerprint density at radius 2 is 1.82 bits per heavy atom. The predicted octanol–water partition coefficient (Wildman–Crippen LogP) is 3.04. The zero-order valence-corrected chi connectivity index (χ0v) is 25.8. The van der Waals surface area contributed by atoms with Gasteiger partial charge >= 0.3 is 11.9 Å². The van der Waals surface area contributed by atoms with E-state index in [-0.39, 0.29) is 48.6 Å². The lowest BCUT2D eigenvalue weighted by atomic mass is 9.86. The van der Waals surface area contributed by atoms with Crippen LogP contribution in [-0.4, -0.2) is 61.6 Å². The Bertz CT molecular complexity index is 1890. The standard InChI is InChI=1S/C32H33N3O9S/c1-3-31(30(38)41-4-2,25-19-27-32(42-16-17-43-32)13-15-34(27)28(36)24(25)20-33)44-29(37)26-10-7-14-35(26)45(39,40)23-12-11-21-8-5-6-9-22(21)18-23/h5-6,8-9,11-12,18-19,26H,3-4,7,10,13-17H2,1-2H3/t26-,31-/m1/s1. The summed E-state index contributed by atoms with van der Waals surface area (Å²) in [6.07, 6.45) is 0.648. The molecule has 3 aliphatic rings. The lowest BCUT2D eigenvalue weighted by Gasteiger charge is -2.34. The Balaban J connectivity index is 1.41. The van der Waals surface area contributed by atoms with Crippen LogP contribution in [0.1, 0.15) is 56.4 Å². The summed E-state index contributed by atoms with van der Waals surface area (Å²) in [5.74, 6) is -3.21. The fourth-order valence-electron chi connectivity index (χ4n) is 6.57. The van der Waals surface area contributed by atoms with Gasteiger partial charge in [0, 0.05) is 25.1 Å². The third-order valence-electron chi connectivity index (χ3n) is 8.84. The first-order valence-corrected chi connectivity index (χ1v) is 16.4. The minimum atomic E-state index is -4.15. The summed E-state index contributed by atoms with van der Waals surface area (Å²) in [6.45, 7) is 3.93. The zero-order chi connectivity index (χ0) is 32.0. The molecule has 12 nitrogen and oxygen atoms in total. The van der Waals surface area contributed by atoms with E-state index in [1.807, 2.05) is 24.3 Å². The van der Waals surface area contributed by atoms with Gasteiger partial charge in [-0.1, -0.05) is 37.3 Å². The topological polar surface area (TPSA) is 154 Å². The molecule has 0 amide bonds. The van der Waals surface area contributed by atoms with Crippen molar-refractivity contribution in [1.29, 1.82) is 5.26 Å². The Labute approximate surface area is 260 Å². The summed E-state index contributed by atoms with van der Waals surface area (Å²) in [5, 5.41) is 11.7. The number of fused-ring (bicyclic) bond motifs is 3. The van der Waals surface area contributed by atoms with E-state index in [4.69, 9.17) is 18.9 Å². The van der Waals surface area contributed by atoms with Gasteiger partial charge in [0.05, 0.1) is 30.4 Å². The van der Waals surface area contributed by atoms with E-state index >= 15 is 0 Å². The second kappa shape index (κ2) is 11.7. The smallest absolute Gasteiger partial charge is 0.355 e. The third-order valence-corrected chi connectivity index (χ3v) is 10.7. The summed E-state index contributed by atoms with van der Waals surface area (Å²) >= 11 is 0. The molecule has 0 saturated carbocycles. The largest absolute Gasteiger partial charge is 0.463 e. The first-order valence-electron chi connectivity index (χ1n) is 15.0. The maximum absolute atomic E-state index is 14.0. The van der Waals surface area contributed by atoms with Crippen LogP contribution in [0.2, 0.25) is 0 Å². The van der Waals surface area contributed by atoms with Crippen molar-refractivity contribution in [2.24, 2.45) is 0 Å². The van der Waals surface area contributed by atoms with Crippen molar-refractivity contribution in [3.8, 4) is 6.07 Å². The molecule has 2 atom stereocenters. The molecule has 45 heavy (non-hydrogen) atoms. The molecule has 236 valence electrons. The van der Waals surface area contributed by atoms with Crippen LogP contribution in [0.4, 0.5) is 0 Å². The Morgan fingerprint density at radius 1 is 1.09 bits per heavy atom. The molecule has 2 saturated heterocycles. The molecule has 0 unspecified atom stereocenters. The van der Waals surface area contributed by atoms with Crippen molar-refractivity contribution < 1.29 is 37.0 Å². The quantitative estimate of drug-likeness (QED) is 0.338. The molecule has 6 rings (SSSR count). The van der Waals surface area contributed by atoms with Gasteiger partial charge in [0.2, 0.25) is 21.4 Å². The summed E-state index contributed by atoms with van der Waals surface area (Å²) in [6, 6.07) is 14.2. The van der Waals surface area contributed by atoms with Crippen molar-refractivity contribution >= 4 is 32.7 Å². The summed E-state index contributed by atoms with van der Waals surface area (Å²) in [5.41, 5.74) is -3.14. The number of nitriles is 1. The average molecular weight is 636 g/mol. The SMILES string of the molecule is CCOC(=O)[C@](CC)(OC(=O)[C@H]1CCCN1S(=O)(=O)c1ccc2ccccc2c1)c1cc2n(c(=O)c1C#N)CCC21OCCO1. The average Bonchev–Trinajstić information content (AvgIpc) is 3.81. The molecule has 1 aromatic heterocycles. The molecule has 4 heterocycles. The lowest BCUT2D eigenvalue weighted by molar-refractivity contribution is -0.187. The molecule has 3 aliphatic heterocycles. The highest BCUT2D eigenvalue weighted by Gasteiger charge is 2.53. The predicted molar refractivity (Wildman–Crippen MR) is 159 cm³/mol. The lowest BCUT2D eigenvalue weighted by Crippen LogP contribution is -2.49. The van der Waals surface area contributed by atoms with Crippen molar-refractivity contribution in [3.63, 3.8) is 0 Å². The van der Waals surface area contributed by atoms with Gasteiger partial charge in [-0.25, -0.2) is 13.2 Å². The van der Waals surface area contributed by atoms with E-state index in [1.165, 1.54) is 16.7 Å². The number of benzene rings is 2. The molecule has 0 radical (unpaired) electrons. The maximum atomic E-state index is 14.0. The van der Waals surface area contributed by atoms with Crippen LogP contribution in [0.15, 0.2) is 58.2 Å². The molecule has 0 aliphatic carbocycles. The van der Waals surface area contributed by atoms with E-state index in [0.29, 0.717) is 31.7 Å². The van der Waals surface area contributed by atoms with Gasteiger partial charge in [-0.2, -0.15) is 9.57 Å². The first-order chi connectivity index (χ1) is 21.6.